The summed E-state index contributed by atoms with van der Waals surface area (Å²) < 4.78 is 43.9. The third kappa shape index (κ3) is 11.5. The van der Waals surface area contributed by atoms with E-state index in [2.05, 4.69) is 19.6 Å². The molecule has 1 aromatic carbocycles. The van der Waals surface area contributed by atoms with Gasteiger partial charge in [-0.1, -0.05) is 32.9 Å². The normalized spacial score (nSPS) is 14.4. The molecule has 0 saturated carbocycles. The maximum atomic E-state index is 13.7. The van der Waals surface area contributed by atoms with Crippen molar-refractivity contribution < 1.29 is 52.4 Å². The van der Waals surface area contributed by atoms with Gasteiger partial charge < -0.3 is 24.6 Å². The SMILES string of the molecule is CCC(O[N+](=O)[O-])C(COC(=O)CC(O)CC(O)/C=C/c1c(-c2ccc(F)cc2)nc(N(C)S(C)(=O)=O)nc1C(C)C)O[N+](=O)[O-]. The number of aromatic nitrogens is 2. The molecule has 1 heterocycles. The van der Waals surface area contributed by atoms with Crippen LogP contribution >= 0.6 is 0 Å². The van der Waals surface area contributed by atoms with E-state index in [0.29, 0.717) is 16.8 Å². The molecule has 0 aliphatic carbocycles. The number of hydrogen-bond donors (Lipinski definition) is 2. The third-order valence-corrected chi connectivity index (χ3v) is 7.63. The van der Waals surface area contributed by atoms with Crippen LogP contribution in [0.5, 0.6) is 0 Å². The average molecular weight is 674 g/mol. The molecule has 0 bridgehead atoms. The van der Waals surface area contributed by atoms with E-state index in [1.165, 1.54) is 50.4 Å². The highest BCUT2D eigenvalue weighted by Crippen LogP contribution is 2.32. The van der Waals surface area contributed by atoms with Crippen LogP contribution in [0.15, 0.2) is 30.3 Å². The van der Waals surface area contributed by atoms with Crippen molar-refractivity contribution in [3.63, 3.8) is 0 Å². The van der Waals surface area contributed by atoms with Gasteiger partial charge in [0.15, 0.2) is 6.10 Å². The van der Waals surface area contributed by atoms with Gasteiger partial charge in [0.2, 0.25) is 16.0 Å². The molecule has 4 atom stereocenters. The molecular weight excluding hydrogens is 637 g/mol. The highest BCUT2D eigenvalue weighted by atomic mass is 32.2. The number of nitrogens with zero attached hydrogens (tertiary/aromatic N) is 5. The standard InChI is InChI=1S/C27H36FN5O12S/c1-6-22(44-32(37)38)23(45-33(39)40)15-43-24(36)14-20(35)13-19(34)11-12-21-25(16(2)3)29-27(31(4)46(5,41)42)30-26(21)17-7-9-18(28)10-8-17/h7-12,16,19-20,22-23,34-35H,6,13-15H2,1-5H3/b12-11+. The number of anilines is 1. The van der Waals surface area contributed by atoms with Crippen molar-refractivity contribution in [2.24, 2.45) is 0 Å². The number of hydrogen-bond acceptors (Lipinski definition) is 14. The second-order valence-electron chi connectivity index (χ2n) is 10.4. The Balaban J connectivity index is 2.25. The van der Waals surface area contributed by atoms with Crippen LogP contribution in [0.4, 0.5) is 10.3 Å². The van der Waals surface area contributed by atoms with Crippen LogP contribution in [0.2, 0.25) is 0 Å². The van der Waals surface area contributed by atoms with Crippen LogP contribution in [0, 0.1) is 26.0 Å². The van der Waals surface area contributed by atoms with Gasteiger partial charge in [0.1, 0.15) is 18.5 Å². The first-order valence-corrected chi connectivity index (χ1v) is 15.7. The maximum Gasteiger partial charge on any atom is 0.308 e. The monoisotopic (exact) mass is 673 g/mol. The van der Waals surface area contributed by atoms with E-state index in [1.54, 1.807) is 13.8 Å². The van der Waals surface area contributed by atoms with E-state index in [9.17, 15) is 48.0 Å². The van der Waals surface area contributed by atoms with E-state index >= 15 is 0 Å². The van der Waals surface area contributed by atoms with Gasteiger partial charge in [0.05, 0.1) is 36.3 Å². The van der Waals surface area contributed by atoms with Crippen molar-refractivity contribution >= 4 is 28.0 Å². The second-order valence-corrected chi connectivity index (χ2v) is 12.4. The van der Waals surface area contributed by atoms with Gasteiger partial charge in [0.25, 0.3) is 10.2 Å². The largest absolute Gasteiger partial charge is 0.463 e. The predicted molar refractivity (Wildman–Crippen MR) is 160 cm³/mol. The summed E-state index contributed by atoms with van der Waals surface area (Å²) >= 11 is 0. The highest BCUT2D eigenvalue weighted by molar-refractivity contribution is 7.92. The van der Waals surface area contributed by atoms with Crippen molar-refractivity contribution in [2.75, 3.05) is 24.2 Å². The molecule has 19 heteroatoms. The summed E-state index contributed by atoms with van der Waals surface area (Å²) in [6.07, 6.45) is -3.13. The molecule has 1 aromatic heterocycles. The number of rotatable bonds is 18. The van der Waals surface area contributed by atoms with Crippen LogP contribution in [0.25, 0.3) is 17.3 Å². The molecule has 0 aliphatic rings. The first-order chi connectivity index (χ1) is 21.4. The summed E-state index contributed by atoms with van der Waals surface area (Å²) in [6, 6.07) is 5.30. The lowest BCUT2D eigenvalue weighted by atomic mass is 9.97. The molecular formula is C27H36FN5O12S. The number of carbonyl (C=O) groups is 1. The minimum atomic E-state index is -3.74. The van der Waals surface area contributed by atoms with Crippen molar-refractivity contribution in [3.05, 3.63) is 67.6 Å². The van der Waals surface area contributed by atoms with Gasteiger partial charge >= 0.3 is 5.97 Å². The molecule has 0 aliphatic heterocycles. The summed E-state index contributed by atoms with van der Waals surface area (Å²) in [4.78, 5) is 51.3. The van der Waals surface area contributed by atoms with E-state index < -0.39 is 69.4 Å². The lowest BCUT2D eigenvalue weighted by molar-refractivity contribution is -0.799. The van der Waals surface area contributed by atoms with E-state index in [0.717, 1.165) is 10.6 Å². The van der Waals surface area contributed by atoms with Gasteiger partial charge in [-0.2, -0.15) is 0 Å². The zero-order chi connectivity index (χ0) is 34.8. The fourth-order valence-corrected chi connectivity index (χ4v) is 4.48. The molecule has 46 heavy (non-hydrogen) atoms. The average Bonchev–Trinajstić information content (AvgIpc) is 2.95. The van der Waals surface area contributed by atoms with Gasteiger partial charge in [-0.15, -0.1) is 20.2 Å². The number of benzene rings is 1. The minimum absolute atomic E-state index is 0.0816. The van der Waals surface area contributed by atoms with Crippen LogP contribution in [0.3, 0.4) is 0 Å². The van der Waals surface area contributed by atoms with Crippen molar-refractivity contribution in [2.45, 2.75) is 70.4 Å². The zero-order valence-corrected chi connectivity index (χ0v) is 26.5. The smallest absolute Gasteiger partial charge is 0.308 e. The fraction of sp³-hybridized carbons (Fsp3) is 0.519. The van der Waals surface area contributed by atoms with Gasteiger partial charge in [-0.3, -0.25) is 4.79 Å². The molecule has 0 amide bonds. The predicted octanol–water partition coefficient (Wildman–Crippen LogP) is 2.42. The molecule has 2 N–H and O–H groups in total. The molecule has 2 aromatic rings. The molecule has 2 rings (SSSR count). The Bertz CT molecular complexity index is 1510. The van der Waals surface area contributed by atoms with Gasteiger partial charge in [0, 0.05) is 24.6 Å². The van der Waals surface area contributed by atoms with Crippen LogP contribution < -0.4 is 4.31 Å². The molecule has 17 nitrogen and oxygen atoms in total. The number of carbonyl (C=O) groups excluding carboxylic acids is 1. The summed E-state index contributed by atoms with van der Waals surface area (Å²) in [5.41, 5.74) is 1.47. The Hall–Kier alpha value is -4.49. The zero-order valence-electron chi connectivity index (χ0n) is 25.7. The number of aliphatic hydroxyl groups excluding tert-OH is 2. The molecule has 254 valence electrons. The van der Waals surface area contributed by atoms with E-state index in [4.69, 9.17) is 4.74 Å². The Morgan fingerprint density at radius 2 is 1.67 bits per heavy atom. The summed E-state index contributed by atoms with van der Waals surface area (Å²) in [5.74, 6) is -1.93. The lowest BCUT2D eigenvalue weighted by Gasteiger charge is -2.22. The molecule has 0 spiro atoms. The van der Waals surface area contributed by atoms with Crippen molar-refractivity contribution in [1.29, 1.82) is 0 Å². The van der Waals surface area contributed by atoms with Crippen LogP contribution in [-0.4, -0.2) is 89.1 Å². The summed E-state index contributed by atoms with van der Waals surface area (Å²) in [7, 11) is -2.45. The minimum Gasteiger partial charge on any atom is -0.463 e. The Labute approximate surface area is 263 Å². The quantitative estimate of drug-likeness (QED) is 0.131. The number of esters is 1. The topological polar surface area (TPSA) is 235 Å². The number of halogens is 1. The fourth-order valence-electron chi connectivity index (χ4n) is 4.10. The Morgan fingerprint density at radius 1 is 1.09 bits per heavy atom. The molecule has 0 fully saturated rings. The summed E-state index contributed by atoms with van der Waals surface area (Å²) in [5, 5.41) is 40.1. The molecule has 0 radical (unpaired) electrons. The maximum absolute atomic E-state index is 13.7. The van der Waals surface area contributed by atoms with Gasteiger partial charge in [-0.05, 0) is 36.6 Å². The second kappa shape index (κ2) is 16.7. The lowest BCUT2D eigenvalue weighted by Crippen LogP contribution is -2.39. The number of aliphatic hydroxyl groups is 2. The van der Waals surface area contributed by atoms with E-state index in [-0.39, 0.29) is 30.4 Å². The Morgan fingerprint density at radius 3 is 2.20 bits per heavy atom. The van der Waals surface area contributed by atoms with Crippen LogP contribution in [-0.2, 0) is 29.2 Å². The summed E-state index contributed by atoms with van der Waals surface area (Å²) in [6.45, 7) is 4.26. The molecule has 0 saturated heterocycles. The first-order valence-electron chi connectivity index (χ1n) is 13.9. The first kappa shape index (κ1) is 37.7. The highest BCUT2D eigenvalue weighted by Gasteiger charge is 2.29. The van der Waals surface area contributed by atoms with Crippen molar-refractivity contribution in [1.82, 2.24) is 9.97 Å². The number of ether oxygens (including phenoxy) is 1. The number of sulfonamides is 1. The Kier molecular flexibility index (Phi) is 13.7. The van der Waals surface area contributed by atoms with Crippen molar-refractivity contribution in [3.8, 4) is 11.3 Å². The van der Waals surface area contributed by atoms with Gasteiger partial charge in [-0.25, -0.2) is 27.1 Å². The third-order valence-electron chi connectivity index (χ3n) is 6.48. The van der Waals surface area contributed by atoms with E-state index in [1.807, 2.05) is 0 Å². The van der Waals surface area contributed by atoms with Crippen LogP contribution in [0.1, 0.15) is 57.2 Å². The molecule has 4 unspecified atom stereocenters.